The number of hydrogen-bond acceptors (Lipinski definition) is 4. The van der Waals surface area contributed by atoms with Gasteiger partial charge in [-0.3, -0.25) is 14.3 Å². The van der Waals surface area contributed by atoms with Gasteiger partial charge in [-0.05, 0) is 30.3 Å². The Bertz CT molecular complexity index is 1150. The highest BCUT2D eigenvalue weighted by Gasteiger charge is 2.37. The van der Waals surface area contributed by atoms with Gasteiger partial charge in [0.05, 0.1) is 16.5 Å². The fourth-order valence-corrected chi connectivity index (χ4v) is 2.98. The summed E-state index contributed by atoms with van der Waals surface area (Å²) >= 11 is 11.8. The molecule has 3 rings (SSSR count). The maximum absolute atomic E-state index is 13.0. The van der Waals surface area contributed by atoms with Crippen LogP contribution in [0.4, 0.5) is 24.7 Å². The number of aryl methyl sites for hydroxylation is 1. The van der Waals surface area contributed by atoms with Crippen molar-refractivity contribution in [2.45, 2.75) is 12.6 Å². The quantitative estimate of drug-likeness (QED) is 0.570. The van der Waals surface area contributed by atoms with Crippen LogP contribution in [0.25, 0.3) is 0 Å². The number of aromatic nitrogens is 3. The zero-order chi connectivity index (χ0) is 22.8. The molecule has 162 valence electrons. The van der Waals surface area contributed by atoms with E-state index in [0.29, 0.717) is 10.7 Å². The minimum absolute atomic E-state index is 0.00392. The van der Waals surface area contributed by atoms with Crippen molar-refractivity contribution in [1.29, 1.82) is 0 Å². The number of rotatable bonds is 5. The van der Waals surface area contributed by atoms with E-state index in [1.54, 1.807) is 6.07 Å². The largest absolute Gasteiger partial charge is 0.435 e. The van der Waals surface area contributed by atoms with Crippen LogP contribution >= 0.6 is 23.2 Å². The monoisotopic (exact) mass is 471 g/mol. The second-order valence-corrected chi connectivity index (χ2v) is 7.23. The Hall–Kier alpha value is -3.11. The Labute approximate surface area is 184 Å². The molecule has 2 amide bonds. The van der Waals surface area contributed by atoms with Crippen LogP contribution < -0.4 is 10.6 Å². The third kappa shape index (κ3) is 5.74. The smallest absolute Gasteiger partial charge is 0.322 e. The normalized spacial score (nSPS) is 11.3. The molecule has 31 heavy (non-hydrogen) atoms. The number of anilines is 2. The van der Waals surface area contributed by atoms with Crippen LogP contribution in [0.5, 0.6) is 0 Å². The number of carbonyl (C=O) groups excluding carboxylic acids is 2. The number of amides is 2. The van der Waals surface area contributed by atoms with Gasteiger partial charge in [-0.25, -0.2) is 4.98 Å². The number of nitrogens with zero attached hydrogens (tertiary/aromatic N) is 3. The van der Waals surface area contributed by atoms with Gasteiger partial charge in [-0.15, -0.1) is 0 Å². The van der Waals surface area contributed by atoms with Gasteiger partial charge in [0.1, 0.15) is 5.82 Å². The van der Waals surface area contributed by atoms with E-state index in [4.69, 9.17) is 23.2 Å². The Balaban J connectivity index is 1.70. The summed E-state index contributed by atoms with van der Waals surface area (Å²) in [6.07, 6.45) is -2.84. The van der Waals surface area contributed by atoms with Crippen molar-refractivity contribution in [2.75, 3.05) is 10.6 Å². The Morgan fingerprint density at radius 3 is 2.52 bits per heavy atom. The zero-order valence-electron chi connectivity index (χ0n) is 15.8. The summed E-state index contributed by atoms with van der Waals surface area (Å²) < 4.78 is 40.1. The first-order chi connectivity index (χ1) is 14.5. The van der Waals surface area contributed by atoms with Crippen LogP contribution in [-0.4, -0.2) is 26.6 Å². The highest BCUT2D eigenvalue weighted by Crippen LogP contribution is 2.31. The molecule has 2 heterocycles. The molecule has 0 saturated carbocycles. The lowest BCUT2D eigenvalue weighted by atomic mass is 10.1. The van der Waals surface area contributed by atoms with E-state index < -0.39 is 30.1 Å². The summed E-state index contributed by atoms with van der Waals surface area (Å²) in [5.74, 6) is -1.25. The van der Waals surface area contributed by atoms with Crippen molar-refractivity contribution in [3.05, 3.63) is 69.6 Å². The molecule has 2 N–H and O–H groups in total. The van der Waals surface area contributed by atoms with Gasteiger partial charge in [0.15, 0.2) is 5.69 Å². The Kier molecular flexibility index (Phi) is 6.51. The average Bonchev–Trinajstić information content (AvgIpc) is 3.05. The number of benzene rings is 1. The molecule has 12 heteroatoms. The summed E-state index contributed by atoms with van der Waals surface area (Å²) in [7, 11) is 1.33. The lowest BCUT2D eigenvalue weighted by Gasteiger charge is -2.09. The van der Waals surface area contributed by atoms with Crippen LogP contribution in [0.15, 0.2) is 42.7 Å². The molecule has 0 saturated heterocycles. The van der Waals surface area contributed by atoms with E-state index in [1.165, 1.54) is 37.5 Å². The highest BCUT2D eigenvalue weighted by molar-refractivity contribution is 6.42. The summed E-state index contributed by atoms with van der Waals surface area (Å²) in [6, 6.07) is 7.25. The van der Waals surface area contributed by atoms with Gasteiger partial charge < -0.3 is 10.6 Å². The summed E-state index contributed by atoms with van der Waals surface area (Å²) in [5.41, 5.74) is -0.847. The molecule has 3 aromatic rings. The second kappa shape index (κ2) is 8.94. The molecule has 7 nitrogen and oxygen atoms in total. The van der Waals surface area contributed by atoms with Gasteiger partial charge >= 0.3 is 6.18 Å². The van der Waals surface area contributed by atoms with Crippen molar-refractivity contribution in [3.63, 3.8) is 0 Å². The van der Waals surface area contributed by atoms with Crippen molar-refractivity contribution in [1.82, 2.24) is 14.8 Å². The molecule has 0 atom stereocenters. The number of halogens is 5. The van der Waals surface area contributed by atoms with Crippen molar-refractivity contribution >= 4 is 46.5 Å². The maximum Gasteiger partial charge on any atom is 0.435 e. The number of pyridine rings is 1. The third-order valence-electron chi connectivity index (χ3n) is 3.99. The molecule has 0 aliphatic carbocycles. The number of hydrogen-bond donors (Lipinski definition) is 2. The first kappa shape index (κ1) is 22.6. The zero-order valence-corrected chi connectivity index (χ0v) is 17.3. The fraction of sp³-hybridized carbons (Fsp3) is 0.158. The van der Waals surface area contributed by atoms with Crippen LogP contribution in [0.1, 0.15) is 21.6 Å². The molecule has 0 bridgehead atoms. The standard InChI is InChI=1S/C19H14Cl2F3N5O2/c1-29-9-11(17(28-29)19(22,23)24)7-16(30)27-15-6-10(4-5-25-15)18(31)26-12-2-3-13(20)14(21)8-12/h2-6,8-9H,7H2,1H3,(H,26,31)(H,25,27,30). The van der Waals surface area contributed by atoms with Gasteiger partial charge in [-0.1, -0.05) is 23.2 Å². The SMILES string of the molecule is Cn1cc(CC(=O)Nc2cc(C(=O)Nc3ccc(Cl)c(Cl)c3)ccn2)c(C(F)(F)F)n1. The van der Waals surface area contributed by atoms with E-state index in [2.05, 4.69) is 20.7 Å². The lowest BCUT2D eigenvalue weighted by molar-refractivity contribution is -0.142. The van der Waals surface area contributed by atoms with E-state index in [1.807, 2.05) is 0 Å². The third-order valence-corrected chi connectivity index (χ3v) is 4.73. The molecule has 0 fully saturated rings. The van der Waals surface area contributed by atoms with E-state index in [-0.39, 0.29) is 22.0 Å². The highest BCUT2D eigenvalue weighted by atomic mass is 35.5. The second-order valence-electron chi connectivity index (χ2n) is 6.41. The Morgan fingerprint density at radius 1 is 1.10 bits per heavy atom. The predicted molar refractivity (Wildman–Crippen MR) is 109 cm³/mol. The molecule has 0 unspecified atom stereocenters. The first-order valence-electron chi connectivity index (χ1n) is 8.65. The van der Waals surface area contributed by atoms with Crippen molar-refractivity contribution in [3.8, 4) is 0 Å². The Morgan fingerprint density at radius 2 is 1.84 bits per heavy atom. The van der Waals surface area contributed by atoms with Crippen LogP contribution in [0.2, 0.25) is 10.0 Å². The minimum atomic E-state index is -4.68. The van der Waals surface area contributed by atoms with Gasteiger partial charge in [0.2, 0.25) is 5.91 Å². The number of carbonyl (C=O) groups is 2. The topological polar surface area (TPSA) is 88.9 Å². The predicted octanol–water partition coefficient (Wildman–Crippen LogP) is 4.57. The van der Waals surface area contributed by atoms with Gasteiger partial charge in [-0.2, -0.15) is 18.3 Å². The van der Waals surface area contributed by atoms with Crippen molar-refractivity contribution in [2.24, 2.45) is 7.05 Å². The van der Waals surface area contributed by atoms with Crippen LogP contribution in [0, 0.1) is 0 Å². The van der Waals surface area contributed by atoms with Crippen molar-refractivity contribution < 1.29 is 22.8 Å². The van der Waals surface area contributed by atoms with Crippen LogP contribution in [0.3, 0.4) is 0 Å². The summed E-state index contributed by atoms with van der Waals surface area (Å²) in [4.78, 5) is 28.6. The van der Waals surface area contributed by atoms with E-state index in [0.717, 1.165) is 10.9 Å². The molecular formula is C19H14Cl2F3N5O2. The number of nitrogens with one attached hydrogen (secondary N) is 2. The molecule has 0 aliphatic heterocycles. The summed E-state index contributed by atoms with van der Waals surface area (Å²) in [5, 5.41) is 8.94. The van der Waals surface area contributed by atoms with Gasteiger partial charge in [0, 0.05) is 36.3 Å². The van der Waals surface area contributed by atoms with Gasteiger partial charge in [0.25, 0.3) is 5.91 Å². The molecule has 0 aliphatic rings. The van der Waals surface area contributed by atoms with E-state index in [9.17, 15) is 22.8 Å². The molecule has 1 aromatic carbocycles. The lowest BCUT2D eigenvalue weighted by Crippen LogP contribution is -2.19. The molecule has 0 spiro atoms. The average molecular weight is 472 g/mol. The minimum Gasteiger partial charge on any atom is -0.322 e. The molecule has 2 aromatic heterocycles. The molecular weight excluding hydrogens is 458 g/mol. The van der Waals surface area contributed by atoms with Crippen LogP contribution in [-0.2, 0) is 24.4 Å². The molecule has 0 radical (unpaired) electrons. The first-order valence-corrected chi connectivity index (χ1v) is 9.40. The van der Waals surface area contributed by atoms with E-state index >= 15 is 0 Å². The number of alkyl halides is 3. The fourth-order valence-electron chi connectivity index (χ4n) is 2.68. The maximum atomic E-state index is 13.0. The summed E-state index contributed by atoms with van der Waals surface area (Å²) in [6.45, 7) is 0.